The molecule has 0 saturated carbocycles. The molecule has 7 nitrogen and oxygen atoms in total. The van der Waals surface area contributed by atoms with Gasteiger partial charge in [0.25, 0.3) is 5.91 Å². The van der Waals surface area contributed by atoms with Gasteiger partial charge in [-0.1, -0.05) is 11.3 Å². The molecular formula is C19H16N2O5S. The van der Waals surface area contributed by atoms with Crippen molar-refractivity contribution in [2.45, 2.75) is 6.92 Å². The predicted octanol–water partition coefficient (Wildman–Crippen LogP) is 3.30. The average Bonchev–Trinajstić information content (AvgIpc) is 3.08. The zero-order chi connectivity index (χ0) is 19.2. The van der Waals surface area contributed by atoms with E-state index >= 15 is 0 Å². The standard InChI is InChI=1S/C19H16N2O5S/c1-2-25-18(24)13-5-8-15-16(9-13)27-19(20-15)21-17(23)11-26-14-6-3-12(10-22)4-7-14/h3-10H,2,11H2,1H3,(H,20,21,23). The molecule has 0 spiro atoms. The zero-order valence-corrected chi connectivity index (χ0v) is 15.2. The van der Waals surface area contributed by atoms with Gasteiger partial charge in [0, 0.05) is 5.56 Å². The molecule has 1 N–H and O–H groups in total. The van der Waals surface area contributed by atoms with Crippen molar-refractivity contribution in [2.75, 3.05) is 18.5 Å². The maximum Gasteiger partial charge on any atom is 0.338 e. The summed E-state index contributed by atoms with van der Waals surface area (Å²) in [4.78, 5) is 38.8. The minimum atomic E-state index is -0.396. The van der Waals surface area contributed by atoms with Gasteiger partial charge in [0.15, 0.2) is 11.7 Å². The van der Waals surface area contributed by atoms with Crippen molar-refractivity contribution in [3.8, 4) is 5.75 Å². The number of hydrogen-bond acceptors (Lipinski definition) is 7. The van der Waals surface area contributed by atoms with Gasteiger partial charge < -0.3 is 9.47 Å². The molecule has 8 heteroatoms. The summed E-state index contributed by atoms with van der Waals surface area (Å²) < 4.78 is 11.1. The third-order valence-electron chi connectivity index (χ3n) is 3.53. The van der Waals surface area contributed by atoms with Crippen molar-refractivity contribution in [1.82, 2.24) is 4.98 Å². The number of carbonyl (C=O) groups is 3. The van der Waals surface area contributed by atoms with Gasteiger partial charge in [-0.3, -0.25) is 14.9 Å². The fraction of sp³-hybridized carbons (Fsp3) is 0.158. The molecule has 0 radical (unpaired) electrons. The van der Waals surface area contributed by atoms with E-state index in [1.807, 2.05) is 0 Å². The molecular weight excluding hydrogens is 368 g/mol. The Kier molecular flexibility index (Phi) is 5.77. The second kappa shape index (κ2) is 8.41. The van der Waals surface area contributed by atoms with Crippen LogP contribution in [0.4, 0.5) is 5.13 Å². The second-order valence-electron chi connectivity index (χ2n) is 5.45. The number of thiazole rings is 1. The molecule has 0 bridgehead atoms. The molecule has 0 aliphatic heterocycles. The third kappa shape index (κ3) is 4.68. The van der Waals surface area contributed by atoms with E-state index in [1.54, 1.807) is 49.4 Å². The summed E-state index contributed by atoms with van der Waals surface area (Å²) in [6, 6.07) is 11.5. The lowest BCUT2D eigenvalue weighted by molar-refractivity contribution is -0.118. The number of esters is 1. The number of benzene rings is 2. The maximum atomic E-state index is 12.0. The topological polar surface area (TPSA) is 94.6 Å². The number of hydrogen-bond donors (Lipinski definition) is 1. The summed E-state index contributed by atoms with van der Waals surface area (Å²) in [7, 11) is 0. The molecule has 1 heterocycles. The Morgan fingerprint density at radius 1 is 1.19 bits per heavy atom. The summed E-state index contributed by atoms with van der Waals surface area (Å²) in [5, 5.41) is 3.08. The minimum Gasteiger partial charge on any atom is -0.484 e. The van der Waals surface area contributed by atoms with Gasteiger partial charge in [0.2, 0.25) is 0 Å². The van der Waals surface area contributed by atoms with E-state index in [0.29, 0.717) is 34.1 Å². The van der Waals surface area contributed by atoms with E-state index in [9.17, 15) is 14.4 Å². The number of amides is 1. The molecule has 2 aromatic carbocycles. The molecule has 3 rings (SSSR count). The molecule has 0 aliphatic carbocycles. The SMILES string of the molecule is CCOC(=O)c1ccc2nc(NC(=O)COc3ccc(C=O)cc3)sc2c1. The molecule has 138 valence electrons. The fourth-order valence-electron chi connectivity index (χ4n) is 2.27. The zero-order valence-electron chi connectivity index (χ0n) is 14.4. The summed E-state index contributed by atoms with van der Waals surface area (Å²) in [6.07, 6.45) is 0.733. The van der Waals surface area contributed by atoms with Crippen LogP contribution in [-0.2, 0) is 9.53 Å². The van der Waals surface area contributed by atoms with Gasteiger partial charge in [-0.15, -0.1) is 0 Å². The summed E-state index contributed by atoms with van der Waals surface area (Å²) in [6.45, 7) is 1.86. The number of rotatable bonds is 7. The molecule has 27 heavy (non-hydrogen) atoms. The van der Waals surface area contributed by atoms with Crippen LogP contribution in [0, 0.1) is 0 Å². The first-order valence-electron chi connectivity index (χ1n) is 8.14. The molecule has 0 fully saturated rings. The van der Waals surface area contributed by atoms with Crippen LogP contribution >= 0.6 is 11.3 Å². The normalized spacial score (nSPS) is 10.4. The Labute approximate surface area is 158 Å². The van der Waals surface area contributed by atoms with Crippen LogP contribution in [-0.4, -0.2) is 36.4 Å². The quantitative estimate of drug-likeness (QED) is 0.496. The van der Waals surface area contributed by atoms with E-state index in [4.69, 9.17) is 9.47 Å². The number of nitrogens with one attached hydrogen (secondary N) is 1. The molecule has 0 aliphatic rings. The highest BCUT2D eigenvalue weighted by Crippen LogP contribution is 2.27. The number of carbonyl (C=O) groups excluding carboxylic acids is 3. The van der Waals surface area contributed by atoms with E-state index in [0.717, 1.165) is 11.0 Å². The lowest BCUT2D eigenvalue weighted by Crippen LogP contribution is -2.19. The van der Waals surface area contributed by atoms with Crippen molar-refractivity contribution in [3.63, 3.8) is 0 Å². The fourth-order valence-corrected chi connectivity index (χ4v) is 3.19. The Morgan fingerprint density at radius 3 is 2.67 bits per heavy atom. The predicted molar refractivity (Wildman–Crippen MR) is 102 cm³/mol. The average molecular weight is 384 g/mol. The van der Waals surface area contributed by atoms with E-state index < -0.39 is 5.97 Å². The molecule has 0 saturated heterocycles. The van der Waals surface area contributed by atoms with Crippen molar-refractivity contribution in [2.24, 2.45) is 0 Å². The Bertz CT molecular complexity index is 981. The van der Waals surface area contributed by atoms with Crippen LogP contribution < -0.4 is 10.1 Å². The monoisotopic (exact) mass is 384 g/mol. The Balaban J connectivity index is 1.62. The highest BCUT2D eigenvalue weighted by atomic mass is 32.1. The number of nitrogens with zero attached hydrogens (tertiary/aromatic N) is 1. The highest BCUT2D eigenvalue weighted by molar-refractivity contribution is 7.22. The van der Waals surface area contributed by atoms with Crippen LogP contribution in [0.2, 0.25) is 0 Å². The first kappa shape index (κ1) is 18.5. The van der Waals surface area contributed by atoms with Crippen molar-refractivity contribution >= 4 is 44.8 Å². The van der Waals surface area contributed by atoms with E-state index in [2.05, 4.69) is 10.3 Å². The van der Waals surface area contributed by atoms with Gasteiger partial charge in [-0.05, 0) is 49.4 Å². The van der Waals surface area contributed by atoms with Gasteiger partial charge in [-0.2, -0.15) is 0 Å². The van der Waals surface area contributed by atoms with Crippen molar-refractivity contribution < 1.29 is 23.9 Å². The van der Waals surface area contributed by atoms with Crippen LogP contribution in [0.3, 0.4) is 0 Å². The lowest BCUT2D eigenvalue weighted by Gasteiger charge is -2.05. The van der Waals surface area contributed by atoms with E-state index in [-0.39, 0.29) is 12.5 Å². The Hall–Kier alpha value is -3.26. The molecule has 1 amide bonds. The van der Waals surface area contributed by atoms with Crippen LogP contribution in [0.15, 0.2) is 42.5 Å². The van der Waals surface area contributed by atoms with E-state index in [1.165, 1.54) is 11.3 Å². The number of aldehydes is 1. The van der Waals surface area contributed by atoms with Gasteiger partial charge in [-0.25, -0.2) is 9.78 Å². The lowest BCUT2D eigenvalue weighted by atomic mass is 10.2. The number of aromatic nitrogens is 1. The number of fused-ring (bicyclic) bond motifs is 1. The van der Waals surface area contributed by atoms with Crippen molar-refractivity contribution in [1.29, 1.82) is 0 Å². The van der Waals surface area contributed by atoms with Crippen LogP contribution in [0.5, 0.6) is 5.75 Å². The van der Waals surface area contributed by atoms with Crippen LogP contribution in [0.1, 0.15) is 27.6 Å². The molecule has 0 unspecified atom stereocenters. The molecule has 0 atom stereocenters. The minimum absolute atomic E-state index is 0.190. The molecule has 3 aromatic rings. The summed E-state index contributed by atoms with van der Waals surface area (Å²) in [5.74, 6) is -0.273. The highest BCUT2D eigenvalue weighted by Gasteiger charge is 2.12. The largest absolute Gasteiger partial charge is 0.484 e. The van der Waals surface area contributed by atoms with Gasteiger partial charge >= 0.3 is 5.97 Å². The van der Waals surface area contributed by atoms with Gasteiger partial charge in [0.05, 0.1) is 22.4 Å². The Morgan fingerprint density at radius 2 is 1.96 bits per heavy atom. The van der Waals surface area contributed by atoms with Gasteiger partial charge in [0.1, 0.15) is 12.0 Å². The number of ether oxygens (including phenoxy) is 2. The third-order valence-corrected chi connectivity index (χ3v) is 4.47. The summed E-state index contributed by atoms with van der Waals surface area (Å²) in [5.41, 5.74) is 1.64. The maximum absolute atomic E-state index is 12.0. The van der Waals surface area contributed by atoms with Crippen LogP contribution in [0.25, 0.3) is 10.2 Å². The first-order valence-corrected chi connectivity index (χ1v) is 8.96. The van der Waals surface area contributed by atoms with Crippen molar-refractivity contribution in [3.05, 3.63) is 53.6 Å². The smallest absolute Gasteiger partial charge is 0.338 e. The molecule has 1 aromatic heterocycles. The number of anilines is 1. The second-order valence-corrected chi connectivity index (χ2v) is 6.48. The first-order chi connectivity index (χ1) is 13.1. The summed E-state index contributed by atoms with van der Waals surface area (Å²) >= 11 is 1.26.